The van der Waals surface area contributed by atoms with Crippen LogP contribution < -0.4 is 10.1 Å². The number of pyridine rings is 1. The van der Waals surface area contributed by atoms with Gasteiger partial charge >= 0.3 is 0 Å². The summed E-state index contributed by atoms with van der Waals surface area (Å²) in [4.78, 5) is 16.6. The van der Waals surface area contributed by atoms with E-state index in [9.17, 15) is 18.3 Å². The maximum Gasteiger partial charge on any atom is 0.292 e. The second kappa shape index (κ2) is 7.43. The molecule has 10 heteroatoms. The number of hydrazone groups is 1. The molecule has 1 aliphatic heterocycles. The summed E-state index contributed by atoms with van der Waals surface area (Å²) < 4.78 is 26.7. The quantitative estimate of drug-likeness (QED) is 0.327. The number of aliphatic hydroxyl groups is 1. The van der Waals surface area contributed by atoms with Crippen LogP contribution in [0.25, 0.3) is 16.7 Å². The van der Waals surface area contributed by atoms with E-state index in [1.54, 1.807) is 12.1 Å². The third-order valence-corrected chi connectivity index (χ3v) is 6.24. The van der Waals surface area contributed by atoms with Crippen LogP contribution >= 0.6 is 11.6 Å². The molecule has 0 saturated heterocycles. The topological polar surface area (TPSA) is 121 Å². The van der Waals surface area contributed by atoms with E-state index in [4.69, 9.17) is 11.6 Å². The van der Waals surface area contributed by atoms with Crippen molar-refractivity contribution in [1.82, 2.24) is 15.1 Å². The number of nitrogens with one attached hydrogen (secondary N) is 2. The summed E-state index contributed by atoms with van der Waals surface area (Å²) in [5.74, 6) is -1.42. The fourth-order valence-electron chi connectivity index (χ4n) is 3.07. The lowest BCUT2D eigenvalue weighted by atomic mass is 10.1. The zero-order valence-corrected chi connectivity index (χ0v) is 17.1. The Balaban J connectivity index is 1.60. The monoisotopic (exact) mass is 442 g/mol. The predicted molar refractivity (Wildman–Crippen MR) is 114 cm³/mol. The first-order valence-electron chi connectivity index (χ1n) is 8.72. The maximum absolute atomic E-state index is 12.4. The van der Waals surface area contributed by atoms with Gasteiger partial charge in [0, 0.05) is 16.5 Å². The Morgan fingerprint density at radius 3 is 2.80 bits per heavy atom. The van der Waals surface area contributed by atoms with Gasteiger partial charge in [-0.2, -0.15) is 5.10 Å². The highest BCUT2D eigenvalue weighted by atomic mass is 35.5. The van der Waals surface area contributed by atoms with Gasteiger partial charge in [-0.25, -0.2) is 18.8 Å². The third-order valence-electron chi connectivity index (χ3n) is 4.53. The lowest BCUT2D eigenvalue weighted by Gasteiger charge is -2.20. The standard InChI is InChI=1S/C20H15ClN4O4S/c1-11-5-4-6-12-9-13(19(21)23-16(11)12)10-22-24-20(27)17-18(26)14-7-2-3-8-15(14)30(28,29)25-17/h2-10,25-26H,1H3,(H,24,27)/b22-10+. The SMILES string of the molecule is Cc1cccc2cc(/C=N/NC(=O)C3=C(O)c4ccccc4S(=O)(=O)N3)c(Cl)nc12. The Morgan fingerprint density at radius 1 is 1.23 bits per heavy atom. The highest BCUT2D eigenvalue weighted by molar-refractivity contribution is 7.89. The second-order valence-corrected chi connectivity index (χ2v) is 8.55. The number of aromatic nitrogens is 1. The molecule has 3 N–H and O–H groups in total. The lowest BCUT2D eigenvalue weighted by molar-refractivity contribution is -0.117. The van der Waals surface area contributed by atoms with E-state index in [0.717, 1.165) is 16.5 Å². The van der Waals surface area contributed by atoms with Gasteiger partial charge in [0.1, 0.15) is 5.15 Å². The molecule has 0 saturated carbocycles. The van der Waals surface area contributed by atoms with Crippen molar-refractivity contribution in [1.29, 1.82) is 0 Å². The molecule has 0 fully saturated rings. The minimum absolute atomic E-state index is 0.0301. The van der Waals surface area contributed by atoms with Crippen LogP contribution in [0, 0.1) is 6.92 Å². The van der Waals surface area contributed by atoms with Gasteiger partial charge in [-0.3, -0.25) is 9.52 Å². The predicted octanol–water partition coefficient (Wildman–Crippen LogP) is 2.87. The summed E-state index contributed by atoms with van der Waals surface area (Å²) in [5.41, 5.74) is 3.88. The van der Waals surface area contributed by atoms with Crippen LogP contribution in [-0.4, -0.2) is 30.6 Å². The number of carbonyl (C=O) groups excluding carboxylic acids is 1. The van der Waals surface area contributed by atoms with Crippen molar-refractivity contribution in [3.63, 3.8) is 0 Å². The summed E-state index contributed by atoms with van der Waals surface area (Å²) >= 11 is 6.20. The van der Waals surface area contributed by atoms with Gasteiger partial charge < -0.3 is 5.11 Å². The van der Waals surface area contributed by atoms with E-state index >= 15 is 0 Å². The first-order valence-corrected chi connectivity index (χ1v) is 10.6. The number of benzene rings is 2. The zero-order chi connectivity index (χ0) is 21.5. The highest BCUT2D eigenvalue weighted by Crippen LogP contribution is 2.28. The lowest BCUT2D eigenvalue weighted by Crippen LogP contribution is -2.37. The molecule has 2 aromatic carbocycles. The molecule has 8 nitrogen and oxygen atoms in total. The molecule has 0 aliphatic carbocycles. The molecule has 0 unspecified atom stereocenters. The summed E-state index contributed by atoms with van der Waals surface area (Å²) in [6, 6.07) is 13.3. The Kier molecular flexibility index (Phi) is 4.92. The Morgan fingerprint density at radius 2 is 2.00 bits per heavy atom. The molecule has 4 rings (SSSR count). The zero-order valence-electron chi connectivity index (χ0n) is 15.5. The molecule has 0 radical (unpaired) electrons. The minimum Gasteiger partial charge on any atom is -0.505 e. The number of aryl methyl sites for hydroxylation is 1. The molecule has 2 heterocycles. The van der Waals surface area contributed by atoms with Crippen LogP contribution in [-0.2, 0) is 14.8 Å². The molecule has 0 atom stereocenters. The average Bonchev–Trinajstić information content (AvgIpc) is 2.72. The van der Waals surface area contributed by atoms with Gasteiger partial charge in [0.05, 0.1) is 16.6 Å². The summed E-state index contributed by atoms with van der Waals surface area (Å²) in [6.07, 6.45) is 1.29. The van der Waals surface area contributed by atoms with Gasteiger partial charge in [-0.05, 0) is 30.7 Å². The number of carbonyl (C=O) groups is 1. The van der Waals surface area contributed by atoms with Crippen molar-refractivity contribution in [2.24, 2.45) is 5.10 Å². The van der Waals surface area contributed by atoms with Crippen molar-refractivity contribution in [2.45, 2.75) is 11.8 Å². The van der Waals surface area contributed by atoms with E-state index < -0.39 is 27.4 Å². The number of fused-ring (bicyclic) bond motifs is 2. The summed E-state index contributed by atoms with van der Waals surface area (Å²) in [5, 5.41) is 15.2. The number of amides is 1. The van der Waals surface area contributed by atoms with E-state index in [2.05, 4.69) is 20.2 Å². The van der Waals surface area contributed by atoms with E-state index in [1.165, 1.54) is 24.4 Å². The van der Waals surface area contributed by atoms with E-state index in [1.807, 2.05) is 25.1 Å². The van der Waals surface area contributed by atoms with Crippen molar-refractivity contribution in [3.8, 4) is 0 Å². The van der Waals surface area contributed by atoms with Crippen LogP contribution in [0.4, 0.5) is 0 Å². The van der Waals surface area contributed by atoms with Crippen LogP contribution in [0.5, 0.6) is 0 Å². The van der Waals surface area contributed by atoms with Crippen LogP contribution in [0.1, 0.15) is 16.7 Å². The molecule has 30 heavy (non-hydrogen) atoms. The van der Waals surface area contributed by atoms with Crippen molar-refractivity contribution in [2.75, 3.05) is 0 Å². The fourth-order valence-corrected chi connectivity index (χ4v) is 4.54. The molecular formula is C20H15ClN4O4S. The molecule has 1 aromatic heterocycles. The smallest absolute Gasteiger partial charge is 0.292 e. The van der Waals surface area contributed by atoms with Gasteiger partial charge in [-0.1, -0.05) is 41.9 Å². The van der Waals surface area contributed by atoms with Crippen molar-refractivity contribution >= 4 is 50.4 Å². The van der Waals surface area contributed by atoms with Gasteiger partial charge in [0.25, 0.3) is 15.9 Å². The molecule has 3 aromatic rings. The van der Waals surface area contributed by atoms with Crippen molar-refractivity contribution < 1.29 is 18.3 Å². The number of hydrogen-bond acceptors (Lipinski definition) is 6. The molecule has 0 spiro atoms. The number of nitrogens with zero attached hydrogens (tertiary/aromatic N) is 2. The van der Waals surface area contributed by atoms with Crippen LogP contribution in [0.3, 0.4) is 0 Å². The number of para-hydroxylation sites is 1. The van der Waals surface area contributed by atoms with E-state index in [-0.39, 0.29) is 15.6 Å². The van der Waals surface area contributed by atoms with Crippen molar-refractivity contribution in [3.05, 3.63) is 76.1 Å². The minimum atomic E-state index is -3.99. The number of halogens is 1. The largest absolute Gasteiger partial charge is 0.505 e. The van der Waals surface area contributed by atoms with E-state index in [0.29, 0.717) is 5.56 Å². The molecule has 0 bridgehead atoms. The molecule has 1 amide bonds. The summed E-state index contributed by atoms with van der Waals surface area (Å²) in [6.45, 7) is 1.92. The summed E-state index contributed by atoms with van der Waals surface area (Å²) in [7, 11) is -3.99. The second-order valence-electron chi connectivity index (χ2n) is 6.54. The average molecular weight is 443 g/mol. The van der Waals surface area contributed by atoms with Gasteiger partial charge in [-0.15, -0.1) is 0 Å². The number of aliphatic hydroxyl groups excluding tert-OH is 1. The Hall–Kier alpha value is -3.43. The maximum atomic E-state index is 12.4. The third kappa shape index (κ3) is 3.49. The fraction of sp³-hybridized carbons (Fsp3) is 0.0500. The molecular weight excluding hydrogens is 428 g/mol. The number of sulfonamides is 1. The first kappa shape index (κ1) is 19.9. The Bertz CT molecular complexity index is 1370. The number of hydrogen-bond donors (Lipinski definition) is 3. The van der Waals surface area contributed by atoms with Gasteiger partial charge in [0.2, 0.25) is 0 Å². The van der Waals surface area contributed by atoms with Gasteiger partial charge in [0.15, 0.2) is 11.5 Å². The normalized spacial score (nSPS) is 15.1. The Labute approximate surface area is 177 Å². The van der Waals surface area contributed by atoms with Crippen LogP contribution in [0.2, 0.25) is 5.15 Å². The van der Waals surface area contributed by atoms with Crippen LogP contribution in [0.15, 0.2) is 64.2 Å². The highest BCUT2D eigenvalue weighted by Gasteiger charge is 2.32. The molecule has 152 valence electrons. The molecule has 1 aliphatic rings. The first-order chi connectivity index (χ1) is 14.3. The number of rotatable bonds is 3.